The number of ether oxygens (including phenoxy) is 1. The molecule has 114 valence electrons. The third-order valence-corrected chi connectivity index (χ3v) is 4.11. The van der Waals surface area contributed by atoms with Crippen molar-refractivity contribution in [2.24, 2.45) is 17.3 Å². The molecule has 0 bridgehead atoms. The number of hydrogen-bond donors (Lipinski definition) is 0. The average molecular weight is 335 g/mol. The standard InChI is InChI=1S/C15H14Cl2F2O2/c1-15(2)10(6-12(16)17)13(15)14(20)21-7-8-3-4-9(18)5-11(8)19/h3-6,10,13H,7H2,1-2H3. The Balaban J connectivity index is 1.98. The first-order chi connectivity index (χ1) is 9.73. The molecule has 1 aliphatic rings. The monoisotopic (exact) mass is 334 g/mol. The van der Waals surface area contributed by atoms with E-state index < -0.39 is 17.6 Å². The Morgan fingerprint density at radius 2 is 2.05 bits per heavy atom. The van der Waals surface area contributed by atoms with Gasteiger partial charge in [0.05, 0.1) is 5.92 Å². The van der Waals surface area contributed by atoms with Crippen LogP contribution in [0.1, 0.15) is 19.4 Å². The summed E-state index contributed by atoms with van der Waals surface area (Å²) in [6, 6.07) is 3.12. The molecular formula is C15H14Cl2F2O2. The van der Waals surface area contributed by atoms with Crippen molar-refractivity contribution in [2.45, 2.75) is 20.5 Å². The maximum absolute atomic E-state index is 13.4. The van der Waals surface area contributed by atoms with Gasteiger partial charge in [0.15, 0.2) is 0 Å². The molecule has 1 fully saturated rings. The highest BCUT2D eigenvalue weighted by Gasteiger charge is 2.61. The Morgan fingerprint density at radius 3 is 2.62 bits per heavy atom. The molecule has 0 saturated heterocycles. The van der Waals surface area contributed by atoms with Gasteiger partial charge >= 0.3 is 5.97 Å². The van der Waals surface area contributed by atoms with E-state index in [1.165, 1.54) is 6.07 Å². The number of carbonyl (C=O) groups is 1. The van der Waals surface area contributed by atoms with Gasteiger partial charge in [-0.2, -0.15) is 0 Å². The molecule has 0 aromatic heterocycles. The molecule has 0 radical (unpaired) electrons. The van der Waals surface area contributed by atoms with Crippen LogP contribution in [-0.2, 0) is 16.1 Å². The van der Waals surface area contributed by atoms with Gasteiger partial charge in [-0.25, -0.2) is 8.78 Å². The van der Waals surface area contributed by atoms with Gasteiger partial charge in [-0.15, -0.1) is 0 Å². The summed E-state index contributed by atoms with van der Waals surface area (Å²) in [5, 5.41) is 0. The SMILES string of the molecule is CC1(C)C(C=C(Cl)Cl)C1C(=O)OCc1ccc(F)cc1F. The lowest BCUT2D eigenvalue weighted by Crippen LogP contribution is -2.11. The lowest BCUT2D eigenvalue weighted by atomic mass is 10.1. The van der Waals surface area contributed by atoms with E-state index in [4.69, 9.17) is 27.9 Å². The molecule has 1 aromatic rings. The fraction of sp³-hybridized carbons (Fsp3) is 0.400. The number of benzene rings is 1. The molecule has 2 rings (SSSR count). The number of halogens is 4. The van der Waals surface area contributed by atoms with Crippen LogP contribution in [0.3, 0.4) is 0 Å². The first-order valence-corrected chi connectivity index (χ1v) is 7.12. The lowest BCUT2D eigenvalue weighted by Gasteiger charge is -2.06. The van der Waals surface area contributed by atoms with Crippen LogP contribution in [0.25, 0.3) is 0 Å². The van der Waals surface area contributed by atoms with E-state index in [2.05, 4.69) is 0 Å². The van der Waals surface area contributed by atoms with Gasteiger partial charge in [0.2, 0.25) is 0 Å². The van der Waals surface area contributed by atoms with Crippen LogP contribution >= 0.6 is 23.2 Å². The summed E-state index contributed by atoms with van der Waals surface area (Å²) in [4.78, 5) is 12.0. The zero-order chi connectivity index (χ0) is 15.8. The summed E-state index contributed by atoms with van der Waals surface area (Å²) in [5.41, 5.74) is -0.168. The number of rotatable bonds is 4. The van der Waals surface area contributed by atoms with Crippen molar-refractivity contribution in [2.75, 3.05) is 0 Å². The average Bonchev–Trinajstić information content (AvgIpc) is 2.88. The van der Waals surface area contributed by atoms with Crippen molar-refractivity contribution in [3.05, 3.63) is 46.0 Å². The van der Waals surface area contributed by atoms with Gasteiger partial charge in [-0.3, -0.25) is 4.79 Å². The number of carbonyl (C=O) groups excluding carboxylic acids is 1. The summed E-state index contributed by atoms with van der Waals surface area (Å²) in [7, 11) is 0. The first kappa shape index (κ1) is 16.2. The molecular weight excluding hydrogens is 321 g/mol. The predicted molar refractivity (Wildman–Crippen MR) is 76.7 cm³/mol. The highest BCUT2D eigenvalue weighted by Crippen LogP contribution is 2.60. The summed E-state index contributed by atoms with van der Waals surface area (Å²) in [6.45, 7) is 3.56. The molecule has 2 atom stereocenters. The topological polar surface area (TPSA) is 26.3 Å². The Morgan fingerprint density at radius 1 is 1.38 bits per heavy atom. The largest absolute Gasteiger partial charge is 0.460 e. The van der Waals surface area contributed by atoms with Gasteiger partial charge in [0, 0.05) is 11.6 Å². The van der Waals surface area contributed by atoms with Crippen LogP contribution in [0.15, 0.2) is 28.8 Å². The van der Waals surface area contributed by atoms with Crippen molar-refractivity contribution in [3.8, 4) is 0 Å². The van der Waals surface area contributed by atoms with E-state index in [-0.39, 0.29) is 33.9 Å². The minimum Gasteiger partial charge on any atom is -0.460 e. The molecule has 0 aliphatic heterocycles. The maximum Gasteiger partial charge on any atom is 0.310 e. The van der Waals surface area contributed by atoms with E-state index in [1.54, 1.807) is 6.08 Å². The van der Waals surface area contributed by atoms with Crippen LogP contribution in [-0.4, -0.2) is 5.97 Å². The third kappa shape index (κ3) is 3.55. The second-order valence-electron chi connectivity index (χ2n) is 5.62. The van der Waals surface area contributed by atoms with Crippen LogP contribution in [0.4, 0.5) is 8.78 Å². The number of allylic oxidation sites excluding steroid dienone is 1. The molecule has 21 heavy (non-hydrogen) atoms. The van der Waals surface area contributed by atoms with E-state index in [0.29, 0.717) is 0 Å². The van der Waals surface area contributed by atoms with Crippen LogP contribution in [0, 0.1) is 28.9 Å². The molecule has 0 spiro atoms. The zero-order valence-electron chi connectivity index (χ0n) is 11.5. The van der Waals surface area contributed by atoms with Crippen LogP contribution in [0.5, 0.6) is 0 Å². The predicted octanol–water partition coefficient (Wildman–Crippen LogP) is 4.60. The smallest absolute Gasteiger partial charge is 0.310 e. The second-order valence-corrected chi connectivity index (χ2v) is 6.63. The van der Waals surface area contributed by atoms with Gasteiger partial charge in [-0.05, 0) is 29.5 Å². The maximum atomic E-state index is 13.4. The summed E-state index contributed by atoms with van der Waals surface area (Å²) < 4.78 is 31.4. The van der Waals surface area contributed by atoms with Crippen LogP contribution < -0.4 is 0 Å². The van der Waals surface area contributed by atoms with Gasteiger partial charge in [0.1, 0.15) is 22.7 Å². The fourth-order valence-corrected chi connectivity index (χ4v) is 2.72. The molecule has 2 nitrogen and oxygen atoms in total. The number of esters is 1. The Labute approximate surface area is 131 Å². The van der Waals surface area contributed by atoms with E-state index in [9.17, 15) is 13.6 Å². The molecule has 1 aromatic carbocycles. The van der Waals surface area contributed by atoms with E-state index >= 15 is 0 Å². The highest BCUT2D eigenvalue weighted by atomic mass is 35.5. The lowest BCUT2D eigenvalue weighted by molar-refractivity contribution is -0.147. The molecule has 0 N–H and O–H groups in total. The number of hydrogen-bond acceptors (Lipinski definition) is 2. The Kier molecular flexibility index (Phi) is 4.59. The summed E-state index contributed by atoms with van der Waals surface area (Å²) >= 11 is 11.2. The van der Waals surface area contributed by atoms with Crippen molar-refractivity contribution in [1.29, 1.82) is 0 Å². The van der Waals surface area contributed by atoms with Crippen molar-refractivity contribution >= 4 is 29.2 Å². The molecule has 0 amide bonds. The molecule has 0 heterocycles. The van der Waals surface area contributed by atoms with E-state index in [1.807, 2.05) is 13.8 Å². The minimum absolute atomic E-state index is 0.104. The molecule has 1 saturated carbocycles. The molecule has 6 heteroatoms. The summed E-state index contributed by atoms with van der Waals surface area (Å²) in [5.74, 6) is -2.33. The minimum atomic E-state index is -0.738. The van der Waals surface area contributed by atoms with Crippen molar-refractivity contribution < 1.29 is 18.3 Å². The van der Waals surface area contributed by atoms with Crippen molar-refractivity contribution in [1.82, 2.24) is 0 Å². The third-order valence-electron chi connectivity index (χ3n) is 3.86. The molecule has 2 unspecified atom stereocenters. The van der Waals surface area contributed by atoms with Gasteiger partial charge < -0.3 is 4.74 Å². The van der Waals surface area contributed by atoms with Crippen LogP contribution in [0.2, 0.25) is 0 Å². The van der Waals surface area contributed by atoms with Gasteiger partial charge in [-0.1, -0.05) is 37.0 Å². The fourth-order valence-electron chi connectivity index (χ4n) is 2.45. The highest BCUT2D eigenvalue weighted by molar-refractivity contribution is 6.55. The van der Waals surface area contributed by atoms with Gasteiger partial charge in [0.25, 0.3) is 0 Å². The quantitative estimate of drug-likeness (QED) is 0.752. The second kappa shape index (κ2) is 5.93. The zero-order valence-corrected chi connectivity index (χ0v) is 13.0. The molecule has 1 aliphatic carbocycles. The van der Waals surface area contributed by atoms with Crippen molar-refractivity contribution in [3.63, 3.8) is 0 Å². The summed E-state index contributed by atoms with van der Waals surface area (Å²) in [6.07, 6.45) is 1.60. The first-order valence-electron chi connectivity index (χ1n) is 6.37. The normalized spacial score (nSPS) is 22.6. The Bertz CT molecular complexity index is 595. The Hall–Kier alpha value is -1.13. The van der Waals surface area contributed by atoms with E-state index in [0.717, 1.165) is 12.1 Å².